The summed E-state index contributed by atoms with van der Waals surface area (Å²) in [5, 5.41) is 13.3. The standard InChI is InChI=1S/C17H14N6OS/c1-12-19-15(24-22-12)11-25-17-21-20-16(13-7-9-18-10-8-13)23(17)14-5-3-2-4-6-14/h2-10H,11H2,1H3. The van der Waals surface area contributed by atoms with Crippen LogP contribution >= 0.6 is 11.8 Å². The smallest absolute Gasteiger partial charge is 0.237 e. The average Bonchev–Trinajstić information content (AvgIpc) is 3.27. The van der Waals surface area contributed by atoms with E-state index in [0.717, 1.165) is 22.2 Å². The van der Waals surface area contributed by atoms with E-state index < -0.39 is 0 Å². The van der Waals surface area contributed by atoms with E-state index in [0.29, 0.717) is 17.5 Å². The van der Waals surface area contributed by atoms with Gasteiger partial charge in [0, 0.05) is 23.6 Å². The fraction of sp³-hybridized carbons (Fsp3) is 0.118. The molecule has 3 aromatic heterocycles. The first-order valence-corrected chi connectivity index (χ1v) is 8.63. The van der Waals surface area contributed by atoms with Gasteiger partial charge in [0.15, 0.2) is 16.8 Å². The lowest BCUT2D eigenvalue weighted by atomic mass is 10.2. The van der Waals surface area contributed by atoms with Crippen LogP contribution in [-0.2, 0) is 5.75 Å². The molecule has 3 heterocycles. The molecule has 0 aliphatic carbocycles. The molecule has 0 spiro atoms. The van der Waals surface area contributed by atoms with Crippen LogP contribution in [-0.4, -0.2) is 29.9 Å². The van der Waals surface area contributed by atoms with Gasteiger partial charge >= 0.3 is 0 Å². The first-order valence-electron chi connectivity index (χ1n) is 7.64. The molecule has 0 bridgehead atoms. The van der Waals surface area contributed by atoms with Gasteiger partial charge in [-0.3, -0.25) is 9.55 Å². The maximum Gasteiger partial charge on any atom is 0.237 e. The molecular formula is C17H14N6OS. The Labute approximate surface area is 148 Å². The molecule has 1 aromatic carbocycles. The van der Waals surface area contributed by atoms with Gasteiger partial charge in [-0.25, -0.2) is 0 Å². The third-order valence-electron chi connectivity index (χ3n) is 3.48. The number of aryl methyl sites for hydroxylation is 1. The number of thioether (sulfide) groups is 1. The van der Waals surface area contributed by atoms with Gasteiger partial charge in [-0.05, 0) is 31.2 Å². The van der Waals surface area contributed by atoms with E-state index in [9.17, 15) is 0 Å². The lowest BCUT2D eigenvalue weighted by molar-refractivity contribution is 0.387. The summed E-state index contributed by atoms with van der Waals surface area (Å²) in [4.78, 5) is 8.30. The molecule has 4 rings (SSSR count). The minimum Gasteiger partial charge on any atom is -0.338 e. The van der Waals surface area contributed by atoms with Crippen molar-refractivity contribution in [2.75, 3.05) is 0 Å². The molecule has 0 unspecified atom stereocenters. The highest BCUT2D eigenvalue weighted by Gasteiger charge is 2.17. The Kier molecular flexibility index (Phi) is 4.26. The zero-order valence-electron chi connectivity index (χ0n) is 13.4. The zero-order valence-corrected chi connectivity index (χ0v) is 14.2. The molecule has 8 heteroatoms. The van der Waals surface area contributed by atoms with E-state index >= 15 is 0 Å². The maximum atomic E-state index is 5.18. The molecule has 25 heavy (non-hydrogen) atoms. The van der Waals surface area contributed by atoms with Crippen molar-refractivity contribution in [1.29, 1.82) is 0 Å². The molecule has 0 aliphatic rings. The second-order valence-corrected chi connectivity index (χ2v) is 6.18. The fourth-order valence-corrected chi connectivity index (χ4v) is 3.18. The van der Waals surface area contributed by atoms with E-state index in [1.54, 1.807) is 19.3 Å². The van der Waals surface area contributed by atoms with E-state index in [4.69, 9.17) is 4.52 Å². The molecule has 0 fully saturated rings. The molecule has 0 radical (unpaired) electrons. The molecule has 124 valence electrons. The van der Waals surface area contributed by atoms with Gasteiger partial charge in [0.2, 0.25) is 5.89 Å². The summed E-state index contributed by atoms with van der Waals surface area (Å²) < 4.78 is 7.19. The average molecular weight is 350 g/mol. The Morgan fingerprint density at radius 3 is 2.56 bits per heavy atom. The Morgan fingerprint density at radius 2 is 1.84 bits per heavy atom. The molecular weight excluding hydrogens is 336 g/mol. The molecule has 0 saturated carbocycles. The number of hydrogen-bond donors (Lipinski definition) is 0. The van der Waals surface area contributed by atoms with Crippen molar-refractivity contribution in [2.24, 2.45) is 0 Å². The second kappa shape index (κ2) is 6.86. The van der Waals surface area contributed by atoms with Crippen LogP contribution in [0.25, 0.3) is 17.1 Å². The van der Waals surface area contributed by atoms with Gasteiger partial charge in [0.05, 0.1) is 5.75 Å². The first-order chi connectivity index (χ1) is 12.3. The summed E-state index contributed by atoms with van der Waals surface area (Å²) in [6.45, 7) is 1.80. The van der Waals surface area contributed by atoms with Gasteiger partial charge in [0.1, 0.15) is 0 Å². The largest absolute Gasteiger partial charge is 0.338 e. The minimum absolute atomic E-state index is 0.530. The van der Waals surface area contributed by atoms with Crippen LogP contribution in [0.15, 0.2) is 64.5 Å². The summed E-state index contributed by atoms with van der Waals surface area (Å²) in [6, 6.07) is 13.8. The lowest BCUT2D eigenvalue weighted by Crippen LogP contribution is -1.99. The molecule has 7 nitrogen and oxygen atoms in total. The topological polar surface area (TPSA) is 82.5 Å². The highest BCUT2D eigenvalue weighted by Crippen LogP contribution is 2.29. The quantitative estimate of drug-likeness (QED) is 0.511. The van der Waals surface area contributed by atoms with Crippen molar-refractivity contribution >= 4 is 11.8 Å². The van der Waals surface area contributed by atoms with Crippen LogP contribution in [0.5, 0.6) is 0 Å². The van der Waals surface area contributed by atoms with E-state index in [2.05, 4.69) is 25.3 Å². The number of rotatable bonds is 5. The third-order valence-corrected chi connectivity index (χ3v) is 4.39. The maximum absolute atomic E-state index is 5.18. The molecule has 0 atom stereocenters. The van der Waals surface area contributed by atoms with Crippen LogP contribution in [0, 0.1) is 6.92 Å². The Hall–Kier alpha value is -3.00. The van der Waals surface area contributed by atoms with Gasteiger partial charge in [-0.15, -0.1) is 10.2 Å². The minimum atomic E-state index is 0.530. The predicted molar refractivity (Wildman–Crippen MR) is 93.2 cm³/mol. The van der Waals surface area contributed by atoms with Crippen LogP contribution in [0.3, 0.4) is 0 Å². The van der Waals surface area contributed by atoms with E-state index in [1.165, 1.54) is 11.8 Å². The number of nitrogens with zero attached hydrogens (tertiary/aromatic N) is 6. The Bertz CT molecular complexity index is 967. The van der Waals surface area contributed by atoms with E-state index in [1.807, 2.05) is 47.0 Å². The molecule has 4 aromatic rings. The van der Waals surface area contributed by atoms with Crippen molar-refractivity contribution in [3.05, 3.63) is 66.6 Å². The number of benzene rings is 1. The summed E-state index contributed by atoms with van der Waals surface area (Å²) in [5.74, 6) is 2.48. The molecule has 0 saturated heterocycles. The fourth-order valence-electron chi connectivity index (χ4n) is 2.39. The van der Waals surface area contributed by atoms with Gasteiger partial charge in [-0.1, -0.05) is 35.1 Å². The predicted octanol–water partition coefficient (Wildman–Crippen LogP) is 3.31. The Morgan fingerprint density at radius 1 is 1.04 bits per heavy atom. The van der Waals surface area contributed by atoms with E-state index in [-0.39, 0.29) is 0 Å². The van der Waals surface area contributed by atoms with Crippen molar-refractivity contribution in [1.82, 2.24) is 29.9 Å². The summed E-state index contributed by atoms with van der Waals surface area (Å²) in [6.07, 6.45) is 3.49. The third kappa shape index (κ3) is 3.29. The Balaban J connectivity index is 1.73. The highest BCUT2D eigenvalue weighted by molar-refractivity contribution is 7.98. The molecule has 0 aliphatic heterocycles. The zero-order chi connectivity index (χ0) is 17.1. The molecule has 0 amide bonds. The van der Waals surface area contributed by atoms with Crippen LogP contribution in [0.2, 0.25) is 0 Å². The normalized spacial score (nSPS) is 10.9. The van der Waals surface area contributed by atoms with Crippen LogP contribution < -0.4 is 0 Å². The lowest BCUT2D eigenvalue weighted by Gasteiger charge is -2.09. The van der Waals surface area contributed by atoms with Crippen molar-refractivity contribution in [3.63, 3.8) is 0 Å². The number of pyridine rings is 1. The monoisotopic (exact) mass is 350 g/mol. The van der Waals surface area contributed by atoms with Gasteiger partial charge in [-0.2, -0.15) is 4.98 Å². The number of hydrogen-bond acceptors (Lipinski definition) is 7. The summed E-state index contributed by atoms with van der Waals surface area (Å²) in [7, 11) is 0. The van der Waals surface area contributed by atoms with Crippen molar-refractivity contribution in [2.45, 2.75) is 17.8 Å². The van der Waals surface area contributed by atoms with Crippen LogP contribution in [0.1, 0.15) is 11.7 Å². The second-order valence-electron chi connectivity index (χ2n) is 5.24. The summed E-state index contributed by atoms with van der Waals surface area (Å²) >= 11 is 1.50. The number of aromatic nitrogens is 6. The van der Waals surface area contributed by atoms with Crippen LogP contribution in [0.4, 0.5) is 0 Å². The van der Waals surface area contributed by atoms with Crippen molar-refractivity contribution < 1.29 is 4.52 Å². The first kappa shape index (κ1) is 15.5. The number of para-hydroxylation sites is 1. The van der Waals surface area contributed by atoms with Gasteiger partial charge in [0.25, 0.3) is 0 Å². The SMILES string of the molecule is Cc1noc(CSc2nnc(-c3ccncc3)n2-c2ccccc2)n1. The van der Waals surface area contributed by atoms with Crippen molar-refractivity contribution in [3.8, 4) is 17.1 Å². The molecule has 0 N–H and O–H groups in total. The highest BCUT2D eigenvalue weighted by atomic mass is 32.2. The van der Waals surface area contributed by atoms with Gasteiger partial charge < -0.3 is 4.52 Å². The summed E-state index contributed by atoms with van der Waals surface area (Å²) in [5.41, 5.74) is 1.94.